The van der Waals surface area contributed by atoms with Crippen LogP contribution in [0, 0.1) is 0 Å². The molecule has 0 aliphatic carbocycles. The summed E-state index contributed by atoms with van der Waals surface area (Å²) in [4.78, 5) is 34.7. The first-order chi connectivity index (χ1) is 29.0. The molecular formula is C36H44N12O10S2. The Morgan fingerprint density at radius 1 is 0.467 bits per heavy atom. The predicted molar refractivity (Wildman–Crippen MR) is 220 cm³/mol. The van der Waals surface area contributed by atoms with Crippen molar-refractivity contribution in [3.63, 3.8) is 0 Å². The molecule has 0 amide bonds. The van der Waals surface area contributed by atoms with Crippen LogP contribution in [0.1, 0.15) is 11.1 Å². The summed E-state index contributed by atoms with van der Waals surface area (Å²) in [6.07, 6.45) is 2.63. The molecule has 0 bridgehead atoms. The van der Waals surface area contributed by atoms with Crippen molar-refractivity contribution in [1.82, 2.24) is 29.9 Å². The summed E-state index contributed by atoms with van der Waals surface area (Å²) in [6.45, 7) is 8.65. The average Bonchev–Trinajstić information content (AvgIpc) is 3.26. The van der Waals surface area contributed by atoms with Crippen LogP contribution in [-0.2, 0) is 39.2 Å². The standard InChI is InChI=1S/C36H44N12O10S2/c49-59(50,51)29-23-27(37-31-39-33(45-7-15-55-16-8-45)43-34(40-31)46-9-17-56-18-10-46)5-3-25(29)1-2-26-4-6-28(24-30(26)60(52,53)54)38-32-41-35(47-11-19-57-20-12-47)44-36(42-32)48-13-21-58-22-14-48/h1-6,23-24H,7-22H2,(H,49,50,51)(H,52,53,54)(H,37,39,40,43)(H,38,41,42,44). The Morgan fingerprint density at radius 2 is 0.750 bits per heavy atom. The second-order valence-electron chi connectivity index (χ2n) is 14.0. The lowest BCUT2D eigenvalue weighted by atomic mass is 10.1. The fourth-order valence-corrected chi connectivity index (χ4v) is 8.24. The molecule has 0 saturated carbocycles. The van der Waals surface area contributed by atoms with Crippen molar-refractivity contribution in [1.29, 1.82) is 0 Å². The van der Waals surface area contributed by atoms with Gasteiger partial charge in [0.15, 0.2) is 0 Å². The third-order valence-electron chi connectivity index (χ3n) is 9.94. The molecule has 8 rings (SSSR count). The quantitative estimate of drug-likeness (QED) is 0.116. The van der Waals surface area contributed by atoms with Gasteiger partial charge in [0.1, 0.15) is 9.79 Å². The number of benzene rings is 2. The van der Waals surface area contributed by atoms with Crippen LogP contribution in [0.15, 0.2) is 46.2 Å². The second kappa shape index (κ2) is 18.1. The van der Waals surface area contributed by atoms with Gasteiger partial charge in [-0.3, -0.25) is 9.11 Å². The molecule has 24 heteroatoms. The zero-order valence-electron chi connectivity index (χ0n) is 32.4. The number of hydrogen-bond donors (Lipinski definition) is 4. The number of nitrogens with one attached hydrogen (secondary N) is 2. The molecule has 4 aliphatic rings. The van der Waals surface area contributed by atoms with Crippen LogP contribution in [-0.4, -0.2) is 161 Å². The molecule has 4 saturated heterocycles. The van der Waals surface area contributed by atoms with Crippen molar-refractivity contribution >= 4 is 79.5 Å². The Labute approximate surface area is 346 Å². The zero-order valence-corrected chi connectivity index (χ0v) is 34.0. The molecule has 4 fully saturated rings. The maximum absolute atomic E-state index is 12.7. The SMILES string of the molecule is O=S(=O)(O)c1cc(Nc2nc(N3CCOCC3)nc(N3CCOCC3)n2)ccc1C=Cc1ccc(Nc2nc(N3CCOCC3)nc(N3CCOCC3)n2)cc1S(=O)(=O)O. The van der Waals surface area contributed by atoms with E-state index in [1.165, 1.54) is 36.4 Å². The van der Waals surface area contributed by atoms with Crippen LogP contribution in [0.5, 0.6) is 0 Å². The molecule has 2 aromatic carbocycles. The van der Waals surface area contributed by atoms with E-state index in [1.54, 1.807) is 12.1 Å². The minimum absolute atomic E-state index is 0.0293. The highest BCUT2D eigenvalue weighted by Gasteiger charge is 2.24. The van der Waals surface area contributed by atoms with Crippen molar-refractivity contribution in [2.45, 2.75) is 9.79 Å². The van der Waals surface area contributed by atoms with Gasteiger partial charge in [0, 0.05) is 63.7 Å². The van der Waals surface area contributed by atoms with Gasteiger partial charge in [-0.15, -0.1) is 0 Å². The number of ether oxygens (including phenoxy) is 4. The van der Waals surface area contributed by atoms with Gasteiger partial charge in [0.05, 0.1) is 52.9 Å². The normalized spacial score (nSPS) is 18.2. The summed E-state index contributed by atoms with van der Waals surface area (Å²) in [5.74, 6) is 1.99. The van der Waals surface area contributed by atoms with E-state index in [0.717, 1.165) is 0 Å². The highest BCUT2D eigenvalue weighted by atomic mass is 32.2. The maximum atomic E-state index is 12.7. The summed E-state index contributed by atoms with van der Waals surface area (Å²) in [6, 6.07) is 8.39. The van der Waals surface area contributed by atoms with Gasteiger partial charge in [-0.25, -0.2) is 0 Å². The summed E-state index contributed by atoms with van der Waals surface area (Å²) in [5.41, 5.74) is 0.545. The first-order valence-corrected chi connectivity index (χ1v) is 22.1. The lowest BCUT2D eigenvalue weighted by molar-refractivity contribution is 0.121. The van der Waals surface area contributed by atoms with Gasteiger partial charge in [0.2, 0.25) is 35.7 Å². The fraction of sp³-hybridized carbons (Fsp3) is 0.444. The maximum Gasteiger partial charge on any atom is 0.295 e. The van der Waals surface area contributed by atoms with Gasteiger partial charge in [-0.2, -0.15) is 46.7 Å². The Morgan fingerprint density at radius 3 is 1.02 bits per heavy atom. The highest BCUT2D eigenvalue weighted by Crippen LogP contribution is 2.29. The molecule has 0 spiro atoms. The Bertz CT molecular complexity index is 2180. The predicted octanol–water partition coefficient (Wildman–Crippen LogP) is 1.55. The summed E-state index contributed by atoms with van der Waals surface area (Å²) < 4.78 is 93.5. The van der Waals surface area contributed by atoms with E-state index in [4.69, 9.17) is 18.9 Å². The summed E-state index contributed by atoms with van der Waals surface area (Å²) in [5, 5.41) is 6.10. The van der Waals surface area contributed by atoms with Crippen LogP contribution in [0.4, 0.5) is 47.1 Å². The van der Waals surface area contributed by atoms with Crippen LogP contribution in [0.3, 0.4) is 0 Å². The van der Waals surface area contributed by atoms with Crippen LogP contribution < -0.4 is 30.2 Å². The molecular weight excluding hydrogens is 825 g/mol. The first-order valence-electron chi connectivity index (χ1n) is 19.2. The largest absolute Gasteiger partial charge is 0.378 e. The zero-order chi connectivity index (χ0) is 41.7. The molecule has 2 aromatic heterocycles. The lowest BCUT2D eigenvalue weighted by Gasteiger charge is -2.30. The molecule has 6 heterocycles. The monoisotopic (exact) mass is 868 g/mol. The van der Waals surface area contributed by atoms with Crippen molar-refractivity contribution in [3.05, 3.63) is 47.5 Å². The number of aromatic nitrogens is 6. The van der Waals surface area contributed by atoms with E-state index in [1.807, 2.05) is 19.6 Å². The van der Waals surface area contributed by atoms with Crippen molar-refractivity contribution in [2.75, 3.05) is 135 Å². The van der Waals surface area contributed by atoms with Crippen LogP contribution in [0.2, 0.25) is 0 Å². The van der Waals surface area contributed by atoms with E-state index in [9.17, 15) is 25.9 Å². The molecule has 0 radical (unpaired) electrons. The Balaban J connectivity index is 1.06. The van der Waals surface area contributed by atoms with Gasteiger partial charge < -0.3 is 49.2 Å². The Hall–Kier alpha value is -5.34. The Kier molecular flexibility index (Phi) is 12.5. The summed E-state index contributed by atoms with van der Waals surface area (Å²) in [7, 11) is -9.63. The lowest BCUT2D eigenvalue weighted by Crippen LogP contribution is -2.40. The van der Waals surface area contributed by atoms with E-state index in [2.05, 4.69) is 40.5 Å². The van der Waals surface area contributed by atoms with Crippen LogP contribution >= 0.6 is 0 Å². The van der Waals surface area contributed by atoms with Gasteiger partial charge in [-0.1, -0.05) is 24.3 Å². The number of anilines is 8. The van der Waals surface area contributed by atoms with Crippen molar-refractivity contribution in [2.24, 2.45) is 0 Å². The van der Waals surface area contributed by atoms with Crippen molar-refractivity contribution < 1.29 is 44.9 Å². The first kappa shape index (κ1) is 41.4. The van der Waals surface area contributed by atoms with E-state index in [-0.39, 0.29) is 34.4 Å². The van der Waals surface area contributed by atoms with E-state index in [0.29, 0.717) is 129 Å². The van der Waals surface area contributed by atoms with E-state index >= 15 is 0 Å². The molecule has 4 N–H and O–H groups in total. The molecule has 0 atom stereocenters. The topological polar surface area (TPSA) is 260 Å². The van der Waals surface area contributed by atoms with Crippen molar-refractivity contribution in [3.8, 4) is 0 Å². The second-order valence-corrected chi connectivity index (χ2v) is 16.7. The summed E-state index contributed by atoms with van der Waals surface area (Å²) >= 11 is 0. The van der Waals surface area contributed by atoms with Gasteiger partial charge in [0.25, 0.3) is 20.2 Å². The smallest absolute Gasteiger partial charge is 0.295 e. The van der Waals surface area contributed by atoms with Gasteiger partial charge >= 0.3 is 0 Å². The van der Waals surface area contributed by atoms with E-state index < -0.39 is 30.0 Å². The molecule has 4 aromatic rings. The minimum atomic E-state index is -4.81. The number of nitrogens with zero attached hydrogens (tertiary/aromatic N) is 10. The molecule has 320 valence electrons. The van der Waals surface area contributed by atoms with Gasteiger partial charge in [-0.05, 0) is 35.4 Å². The fourth-order valence-electron chi connectivity index (χ4n) is 6.82. The number of morpholine rings is 4. The molecule has 60 heavy (non-hydrogen) atoms. The number of rotatable bonds is 12. The third-order valence-corrected chi connectivity index (χ3v) is 11.8. The van der Waals surface area contributed by atoms with Crippen LogP contribution in [0.25, 0.3) is 12.2 Å². The molecule has 4 aliphatic heterocycles. The third kappa shape index (κ3) is 10.2. The molecule has 22 nitrogen and oxygen atoms in total. The molecule has 0 unspecified atom stereocenters. The highest BCUT2D eigenvalue weighted by molar-refractivity contribution is 7.86. The number of hydrogen-bond acceptors (Lipinski definition) is 20. The average molecular weight is 869 g/mol. The minimum Gasteiger partial charge on any atom is -0.378 e.